The molecule has 0 aliphatic heterocycles. The Morgan fingerprint density at radius 1 is 1.21 bits per heavy atom. The molecule has 138 valence electrons. The molecule has 0 amide bonds. The van der Waals surface area contributed by atoms with Crippen LogP contribution in [0, 0.1) is 35.0 Å². The fourth-order valence-electron chi connectivity index (χ4n) is 6.04. The lowest BCUT2D eigenvalue weighted by molar-refractivity contribution is -0.0763. The van der Waals surface area contributed by atoms with Crippen molar-refractivity contribution in [2.75, 3.05) is 6.61 Å². The lowest BCUT2D eigenvalue weighted by atomic mass is 9.63. The van der Waals surface area contributed by atoms with E-state index >= 15 is 0 Å². The van der Waals surface area contributed by atoms with Crippen molar-refractivity contribution >= 4 is 0 Å². The number of hydrogen-bond acceptors (Lipinski definition) is 4. The third-order valence-electron chi connectivity index (χ3n) is 7.45. The molecule has 0 aromatic heterocycles. The highest BCUT2D eigenvalue weighted by Crippen LogP contribution is 2.58. The van der Waals surface area contributed by atoms with E-state index in [0.717, 1.165) is 12.8 Å². The average Bonchev–Trinajstić information content (AvgIpc) is 2.92. The van der Waals surface area contributed by atoms with E-state index in [1.54, 1.807) is 0 Å². The second-order valence-electron chi connectivity index (χ2n) is 9.38. The molecule has 0 heterocycles. The molecule has 0 bridgehead atoms. The van der Waals surface area contributed by atoms with Crippen LogP contribution in [0.5, 0.6) is 0 Å². The number of aliphatic hydroxyl groups excluding tert-OH is 3. The van der Waals surface area contributed by atoms with E-state index in [1.165, 1.54) is 5.57 Å². The predicted molar refractivity (Wildman–Crippen MR) is 93.2 cm³/mol. The summed E-state index contributed by atoms with van der Waals surface area (Å²) in [4.78, 5) is 0. The molecule has 0 spiro atoms. The van der Waals surface area contributed by atoms with Gasteiger partial charge < -0.3 is 20.4 Å². The van der Waals surface area contributed by atoms with E-state index in [9.17, 15) is 20.4 Å². The highest BCUT2D eigenvalue weighted by Gasteiger charge is 2.57. The number of rotatable bonds is 2. The molecule has 3 aliphatic carbocycles. The van der Waals surface area contributed by atoms with Crippen molar-refractivity contribution < 1.29 is 20.4 Å². The van der Waals surface area contributed by atoms with Crippen LogP contribution in [0.3, 0.4) is 0 Å². The van der Waals surface area contributed by atoms with E-state index in [4.69, 9.17) is 0 Å². The number of hydrogen-bond donors (Lipinski definition) is 4. The van der Waals surface area contributed by atoms with Crippen molar-refractivity contribution in [2.24, 2.45) is 35.0 Å². The molecule has 3 aliphatic rings. The topological polar surface area (TPSA) is 80.9 Å². The van der Waals surface area contributed by atoms with Gasteiger partial charge in [0.1, 0.15) is 0 Å². The van der Waals surface area contributed by atoms with E-state index in [1.807, 2.05) is 6.92 Å². The summed E-state index contributed by atoms with van der Waals surface area (Å²) in [6.07, 6.45) is 3.72. The fourth-order valence-corrected chi connectivity index (χ4v) is 6.04. The molecule has 0 radical (unpaired) electrons. The van der Waals surface area contributed by atoms with Crippen molar-refractivity contribution in [2.45, 2.75) is 71.2 Å². The monoisotopic (exact) mass is 338 g/mol. The van der Waals surface area contributed by atoms with Crippen molar-refractivity contribution in [3.8, 4) is 0 Å². The largest absolute Gasteiger partial charge is 0.396 e. The highest BCUT2D eigenvalue weighted by molar-refractivity contribution is 5.28. The first kappa shape index (κ1) is 18.4. The van der Waals surface area contributed by atoms with E-state index in [2.05, 4.69) is 26.8 Å². The summed E-state index contributed by atoms with van der Waals surface area (Å²) < 4.78 is 0. The molecule has 2 fully saturated rings. The molecule has 24 heavy (non-hydrogen) atoms. The highest BCUT2D eigenvalue weighted by atomic mass is 16.3. The van der Waals surface area contributed by atoms with Crippen molar-refractivity contribution in [3.63, 3.8) is 0 Å². The third kappa shape index (κ3) is 2.66. The molecule has 0 aromatic rings. The van der Waals surface area contributed by atoms with Gasteiger partial charge in [-0.2, -0.15) is 0 Å². The fraction of sp³-hybridized carbons (Fsp3) is 0.900. The predicted octanol–water partition coefficient (Wildman–Crippen LogP) is 2.11. The van der Waals surface area contributed by atoms with Gasteiger partial charge in [0.2, 0.25) is 0 Å². The van der Waals surface area contributed by atoms with Gasteiger partial charge in [0, 0.05) is 17.9 Å². The van der Waals surface area contributed by atoms with Crippen LogP contribution in [-0.2, 0) is 0 Å². The lowest BCUT2D eigenvalue weighted by Crippen LogP contribution is -2.46. The summed E-state index contributed by atoms with van der Waals surface area (Å²) >= 11 is 0. The zero-order chi connectivity index (χ0) is 17.9. The summed E-state index contributed by atoms with van der Waals surface area (Å²) in [5.41, 5.74) is -0.00901. The Kier molecular flexibility index (Phi) is 4.66. The first-order chi connectivity index (χ1) is 11.1. The molecule has 0 aromatic carbocycles. The van der Waals surface area contributed by atoms with E-state index < -0.39 is 17.8 Å². The van der Waals surface area contributed by atoms with Crippen LogP contribution in [0.4, 0.5) is 0 Å². The smallest absolute Gasteiger partial charge is 0.0709 e. The summed E-state index contributed by atoms with van der Waals surface area (Å²) in [6, 6.07) is 0. The molecule has 0 saturated heterocycles. The normalized spacial score (nSPS) is 51.8. The van der Waals surface area contributed by atoms with Gasteiger partial charge in [-0.05, 0) is 56.3 Å². The molecule has 2 saturated carbocycles. The molecule has 4 nitrogen and oxygen atoms in total. The Hall–Kier alpha value is -0.420. The molecule has 4 heteroatoms. The third-order valence-corrected chi connectivity index (χ3v) is 7.45. The van der Waals surface area contributed by atoms with Crippen LogP contribution < -0.4 is 0 Å². The van der Waals surface area contributed by atoms with Crippen molar-refractivity contribution in [1.82, 2.24) is 0 Å². The Morgan fingerprint density at radius 2 is 1.88 bits per heavy atom. The molecule has 0 unspecified atom stereocenters. The van der Waals surface area contributed by atoms with E-state index in [0.29, 0.717) is 24.7 Å². The van der Waals surface area contributed by atoms with Gasteiger partial charge in [-0.25, -0.2) is 0 Å². The minimum absolute atomic E-state index is 0.00190. The van der Waals surface area contributed by atoms with Crippen LogP contribution >= 0.6 is 0 Å². The number of fused-ring (bicyclic) bond motifs is 2. The lowest BCUT2D eigenvalue weighted by Gasteiger charge is -2.44. The van der Waals surface area contributed by atoms with Crippen LogP contribution in [0.25, 0.3) is 0 Å². The summed E-state index contributed by atoms with van der Waals surface area (Å²) in [6.45, 7) is 8.39. The van der Waals surface area contributed by atoms with Gasteiger partial charge in [0.05, 0.1) is 17.8 Å². The second kappa shape index (κ2) is 6.08. The Bertz CT molecular complexity index is 512. The Balaban J connectivity index is 2.05. The zero-order valence-electron chi connectivity index (χ0n) is 15.4. The molecular weight excluding hydrogens is 304 g/mol. The van der Waals surface area contributed by atoms with Crippen molar-refractivity contribution in [1.29, 1.82) is 0 Å². The molecule has 8 atom stereocenters. The first-order valence-corrected chi connectivity index (χ1v) is 9.51. The average molecular weight is 338 g/mol. The first-order valence-electron chi connectivity index (χ1n) is 9.51. The zero-order valence-corrected chi connectivity index (χ0v) is 15.4. The number of aliphatic hydroxyl groups is 4. The SMILES string of the molecule is CC(C)[C@H]1C[C@H](O)[C@]2(C)C[C@@H]3[C@H](CO)C[C@@H](O)[C@@H]3[C@@](C)(O)CC=C12. The molecule has 3 rings (SSSR count). The molecular formula is C20H34O4. The van der Waals surface area contributed by atoms with Crippen LogP contribution in [0.1, 0.15) is 53.4 Å². The van der Waals surface area contributed by atoms with Gasteiger partial charge in [0.15, 0.2) is 0 Å². The maximum absolute atomic E-state index is 11.1. The summed E-state index contributed by atoms with van der Waals surface area (Å²) in [5.74, 6) is 0.591. The second-order valence-corrected chi connectivity index (χ2v) is 9.38. The van der Waals surface area contributed by atoms with Crippen molar-refractivity contribution in [3.05, 3.63) is 11.6 Å². The van der Waals surface area contributed by atoms with Crippen LogP contribution in [-0.4, -0.2) is 44.8 Å². The molecule has 4 N–H and O–H groups in total. The van der Waals surface area contributed by atoms with Gasteiger partial charge in [0.25, 0.3) is 0 Å². The minimum Gasteiger partial charge on any atom is -0.396 e. The van der Waals surface area contributed by atoms with Gasteiger partial charge in [-0.1, -0.05) is 32.4 Å². The maximum atomic E-state index is 11.1. The quantitative estimate of drug-likeness (QED) is 0.581. The van der Waals surface area contributed by atoms with Gasteiger partial charge >= 0.3 is 0 Å². The summed E-state index contributed by atoms with van der Waals surface area (Å²) in [5, 5.41) is 42.3. The van der Waals surface area contributed by atoms with Gasteiger partial charge in [-0.3, -0.25) is 0 Å². The van der Waals surface area contributed by atoms with Crippen LogP contribution in [0.15, 0.2) is 11.6 Å². The Labute approximate surface area is 145 Å². The van der Waals surface area contributed by atoms with E-state index in [-0.39, 0.29) is 29.8 Å². The minimum atomic E-state index is -0.975. The standard InChI is InChI=1S/C20H34O4/c1-11(2)13-8-17(23)19(3)9-14-12(10-21)7-16(22)18(14)20(4,24)6-5-15(13)19/h5,11-14,16-18,21-24H,6-10H2,1-4H3/t12-,13+,14+,16+,17-,18+,19+,20-/m0/s1. The Morgan fingerprint density at radius 3 is 2.46 bits per heavy atom. The summed E-state index contributed by atoms with van der Waals surface area (Å²) in [7, 11) is 0. The van der Waals surface area contributed by atoms with Gasteiger partial charge in [-0.15, -0.1) is 0 Å². The maximum Gasteiger partial charge on any atom is 0.0709 e. The van der Waals surface area contributed by atoms with Crippen LogP contribution in [0.2, 0.25) is 0 Å².